The van der Waals surface area contributed by atoms with Crippen LogP contribution in [0.2, 0.25) is 0 Å². The van der Waals surface area contributed by atoms with Crippen LogP contribution in [0.5, 0.6) is 11.6 Å². The van der Waals surface area contributed by atoms with Crippen molar-refractivity contribution in [3.63, 3.8) is 0 Å². The van der Waals surface area contributed by atoms with Gasteiger partial charge in [-0.2, -0.15) is 0 Å². The molecule has 1 N–H and O–H groups in total. The van der Waals surface area contributed by atoms with E-state index in [0.717, 1.165) is 5.56 Å². The Balaban J connectivity index is 1.53. The van der Waals surface area contributed by atoms with E-state index in [-0.39, 0.29) is 23.1 Å². The molecule has 2 aromatic heterocycles. The van der Waals surface area contributed by atoms with E-state index in [4.69, 9.17) is 4.74 Å². The summed E-state index contributed by atoms with van der Waals surface area (Å²) in [5, 5.41) is 0.570. The molecule has 0 unspecified atom stereocenters. The summed E-state index contributed by atoms with van der Waals surface area (Å²) in [6.07, 6.45) is 3.16. The first-order chi connectivity index (χ1) is 14.4. The summed E-state index contributed by atoms with van der Waals surface area (Å²) in [5.41, 5.74) is 2.22. The lowest BCUT2D eigenvalue weighted by molar-refractivity contribution is 0.460. The van der Waals surface area contributed by atoms with Crippen molar-refractivity contribution in [1.82, 2.24) is 14.7 Å². The Morgan fingerprint density at radius 3 is 2.60 bits per heavy atom. The zero-order valence-electron chi connectivity index (χ0n) is 16.0. The van der Waals surface area contributed by atoms with Crippen LogP contribution in [-0.4, -0.2) is 18.4 Å². The first kappa shape index (κ1) is 19.9. The van der Waals surface area contributed by atoms with E-state index >= 15 is 0 Å². The van der Waals surface area contributed by atoms with Crippen molar-refractivity contribution in [2.24, 2.45) is 0 Å². The smallest absolute Gasteiger partial charge is 0.241 e. The van der Waals surface area contributed by atoms with Crippen molar-refractivity contribution in [2.75, 3.05) is 0 Å². The molecule has 2 aromatic carbocycles. The summed E-state index contributed by atoms with van der Waals surface area (Å²) in [6.45, 7) is 1.94. The second-order valence-electron chi connectivity index (χ2n) is 6.66. The van der Waals surface area contributed by atoms with Gasteiger partial charge in [0, 0.05) is 30.4 Å². The third-order valence-corrected chi connectivity index (χ3v) is 5.98. The fourth-order valence-corrected chi connectivity index (χ4v) is 4.23. The molecule has 0 aliphatic heterocycles. The number of nitrogens with zero attached hydrogens (tertiary/aromatic N) is 2. The van der Waals surface area contributed by atoms with Crippen LogP contribution in [0.1, 0.15) is 11.1 Å². The van der Waals surface area contributed by atoms with E-state index in [1.165, 1.54) is 30.5 Å². The Bertz CT molecular complexity index is 1310. The molecule has 0 atom stereocenters. The van der Waals surface area contributed by atoms with Gasteiger partial charge in [-0.3, -0.25) is 4.98 Å². The molecule has 6 nitrogen and oxygen atoms in total. The minimum Gasteiger partial charge on any atom is -0.439 e. The molecule has 4 rings (SSSR count). The Morgan fingerprint density at radius 1 is 1.00 bits per heavy atom. The maximum atomic E-state index is 13.0. The molecule has 0 fully saturated rings. The first-order valence-corrected chi connectivity index (χ1v) is 10.6. The number of hydrogen-bond donors (Lipinski definition) is 1. The standard InChI is InChI=1S/C22H18FN3O3S/c1-15-4-9-20(19-3-2-11-25-22(15)19)30(27,28)26-14-16-10-12-24-21(13-16)29-18-7-5-17(23)6-8-18/h2-13,26H,14H2,1H3. The quantitative estimate of drug-likeness (QED) is 0.499. The number of rotatable bonds is 6. The van der Waals surface area contributed by atoms with Gasteiger partial charge in [0.1, 0.15) is 11.6 Å². The van der Waals surface area contributed by atoms with Crippen molar-refractivity contribution >= 4 is 20.9 Å². The SMILES string of the molecule is Cc1ccc(S(=O)(=O)NCc2ccnc(Oc3ccc(F)cc3)c2)c2cccnc12. The van der Waals surface area contributed by atoms with Gasteiger partial charge < -0.3 is 4.74 Å². The number of benzene rings is 2. The molecule has 0 spiro atoms. The maximum absolute atomic E-state index is 13.0. The fraction of sp³-hybridized carbons (Fsp3) is 0.0909. The number of halogens is 1. The second-order valence-corrected chi connectivity index (χ2v) is 8.40. The number of pyridine rings is 2. The molecule has 0 aliphatic carbocycles. The van der Waals surface area contributed by atoms with Gasteiger partial charge >= 0.3 is 0 Å². The highest BCUT2D eigenvalue weighted by Crippen LogP contribution is 2.25. The van der Waals surface area contributed by atoms with E-state index in [1.54, 1.807) is 42.6 Å². The second kappa shape index (κ2) is 8.17. The Labute approximate surface area is 173 Å². The van der Waals surface area contributed by atoms with Gasteiger partial charge in [0.05, 0.1) is 10.4 Å². The van der Waals surface area contributed by atoms with Crippen molar-refractivity contribution in [2.45, 2.75) is 18.4 Å². The predicted octanol–water partition coefficient (Wildman–Crippen LogP) is 4.35. The summed E-state index contributed by atoms with van der Waals surface area (Å²) < 4.78 is 47.1. The van der Waals surface area contributed by atoms with Gasteiger partial charge in [0.15, 0.2) is 0 Å². The third-order valence-electron chi connectivity index (χ3n) is 4.52. The summed E-state index contributed by atoms with van der Waals surface area (Å²) in [4.78, 5) is 8.57. The molecular weight excluding hydrogens is 405 g/mol. The van der Waals surface area contributed by atoms with Crippen molar-refractivity contribution in [1.29, 1.82) is 0 Å². The zero-order chi connectivity index (χ0) is 21.1. The highest BCUT2D eigenvalue weighted by Gasteiger charge is 2.18. The van der Waals surface area contributed by atoms with Crippen LogP contribution in [0.3, 0.4) is 0 Å². The molecule has 0 saturated heterocycles. The van der Waals surface area contributed by atoms with Gasteiger partial charge in [-0.15, -0.1) is 0 Å². The van der Waals surface area contributed by atoms with Gasteiger partial charge in [0.2, 0.25) is 15.9 Å². The lowest BCUT2D eigenvalue weighted by Gasteiger charge is -2.11. The van der Waals surface area contributed by atoms with Gasteiger partial charge in [-0.05, 0) is 66.6 Å². The number of aryl methyl sites for hydroxylation is 1. The number of ether oxygens (including phenoxy) is 1. The highest BCUT2D eigenvalue weighted by molar-refractivity contribution is 7.89. The summed E-state index contributed by atoms with van der Waals surface area (Å²) in [5.74, 6) is 0.348. The number of aromatic nitrogens is 2. The lowest BCUT2D eigenvalue weighted by atomic mass is 10.1. The molecule has 152 valence electrons. The first-order valence-electron chi connectivity index (χ1n) is 9.15. The molecule has 2 heterocycles. The topological polar surface area (TPSA) is 81.2 Å². The molecule has 0 amide bonds. The molecular formula is C22H18FN3O3S. The number of sulfonamides is 1. The summed E-state index contributed by atoms with van der Waals surface area (Å²) in [6, 6.07) is 15.6. The fourth-order valence-electron chi connectivity index (χ4n) is 3.02. The van der Waals surface area contributed by atoms with Gasteiger partial charge in [-0.25, -0.2) is 22.5 Å². The maximum Gasteiger partial charge on any atom is 0.241 e. The summed E-state index contributed by atoms with van der Waals surface area (Å²) >= 11 is 0. The number of fused-ring (bicyclic) bond motifs is 1. The lowest BCUT2D eigenvalue weighted by Crippen LogP contribution is -2.23. The van der Waals surface area contributed by atoms with E-state index in [1.807, 2.05) is 6.92 Å². The van der Waals surface area contributed by atoms with Crippen LogP contribution in [-0.2, 0) is 16.6 Å². The minimum atomic E-state index is -3.77. The monoisotopic (exact) mass is 423 g/mol. The summed E-state index contributed by atoms with van der Waals surface area (Å²) in [7, 11) is -3.77. The Kier molecular flexibility index (Phi) is 5.43. The Morgan fingerprint density at radius 2 is 1.80 bits per heavy atom. The average molecular weight is 423 g/mol. The molecule has 4 aromatic rings. The molecule has 0 saturated carbocycles. The van der Waals surface area contributed by atoms with Crippen LogP contribution in [0, 0.1) is 12.7 Å². The van der Waals surface area contributed by atoms with E-state index < -0.39 is 10.0 Å². The van der Waals surface area contributed by atoms with E-state index in [2.05, 4.69) is 14.7 Å². The molecule has 8 heteroatoms. The molecule has 30 heavy (non-hydrogen) atoms. The molecule has 0 radical (unpaired) electrons. The van der Waals surface area contributed by atoms with Gasteiger partial charge in [-0.1, -0.05) is 6.07 Å². The van der Waals surface area contributed by atoms with Crippen LogP contribution in [0.25, 0.3) is 10.9 Å². The third kappa shape index (κ3) is 4.29. The van der Waals surface area contributed by atoms with Crippen LogP contribution < -0.4 is 9.46 Å². The van der Waals surface area contributed by atoms with Crippen molar-refractivity contribution in [3.8, 4) is 11.6 Å². The van der Waals surface area contributed by atoms with Crippen molar-refractivity contribution in [3.05, 3.63) is 90.0 Å². The van der Waals surface area contributed by atoms with E-state index in [0.29, 0.717) is 22.2 Å². The largest absolute Gasteiger partial charge is 0.439 e. The van der Waals surface area contributed by atoms with Crippen LogP contribution in [0.15, 0.2) is 78.0 Å². The number of hydrogen-bond acceptors (Lipinski definition) is 5. The normalized spacial score (nSPS) is 11.5. The molecule has 0 aliphatic rings. The Hall–Kier alpha value is -3.36. The number of nitrogens with one attached hydrogen (secondary N) is 1. The van der Waals surface area contributed by atoms with Gasteiger partial charge in [0.25, 0.3) is 0 Å². The predicted molar refractivity (Wildman–Crippen MR) is 111 cm³/mol. The highest BCUT2D eigenvalue weighted by atomic mass is 32.2. The van der Waals surface area contributed by atoms with Crippen LogP contribution >= 0.6 is 0 Å². The average Bonchev–Trinajstić information content (AvgIpc) is 2.75. The van der Waals surface area contributed by atoms with E-state index in [9.17, 15) is 12.8 Å². The minimum absolute atomic E-state index is 0.0558. The van der Waals surface area contributed by atoms with Crippen LogP contribution in [0.4, 0.5) is 4.39 Å². The molecule has 0 bridgehead atoms. The zero-order valence-corrected chi connectivity index (χ0v) is 16.9. The van der Waals surface area contributed by atoms with Crippen molar-refractivity contribution < 1.29 is 17.5 Å².